The first-order valence-corrected chi connectivity index (χ1v) is 14.5. The van der Waals surface area contributed by atoms with Gasteiger partial charge in [0, 0.05) is 74.0 Å². The molecule has 8 heteroatoms. The Bertz CT molecular complexity index is 1330. The van der Waals surface area contributed by atoms with Crippen molar-refractivity contribution in [3.8, 4) is 0 Å². The van der Waals surface area contributed by atoms with Crippen LogP contribution in [-0.4, -0.2) is 71.9 Å². The molecule has 2 aliphatic rings. The Morgan fingerprint density at radius 2 is 1.93 bits per heavy atom. The number of hydrogen-bond donors (Lipinski definition) is 2. The molecule has 0 radical (unpaired) electrons. The van der Waals surface area contributed by atoms with E-state index in [-0.39, 0.29) is 24.3 Å². The molecule has 8 nitrogen and oxygen atoms in total. The number of rotatable bonds is 10. The second kappa shape index (κ2) is 12.5. The van der Waals surface area contributed by atoms with Crippen LogP contribution in [0.1, 0.15) is 54.8 Å². The quantitative estimate of drug-likeness (QED) is 0.377. The maximum Gasteiger partial charge on any atom is 0.229 e. The van der Waals surface area contributed by atoms with E-state index in [1.165, 1.54) is 22.2 Å². The highest BCUT2D eigenvalue weighted by Crippen LogP contribution is 2.36. The summed E-state index contributed by atoms with van der Waals surface area (Å²) in [4.78, 5) is 29.1. The fourth-order valence-corrected chi connectivity index (χ4v) is 6.54. The van der Waals surface area contributed by atoms with Crippen LogP contribution in [0.5, 0.6) is 0 Å². The van der Waals surface area contributed by atoms with Gasteiger partial charge in [-0.1, -0.05) is 30.3 Å². The third-order valence-corrected chi connectivity index (χ3v) is 8.45. The number of aryl methyl sites for hydroxylation is 2. The smallest absolute Gasteiger partial charge is 0.229 e. The normalized spacial score (nSPS) is 20.4. The Hall–Kier alpha value is -3.20. The molecule has 2 fully saturated rings. The Labute approximate surface area is 236 Å². The number of methoxy groups -OCH3 is 1. The van der Waals surface area contributed by atoms with E-state index in [0.29, 0.717) is 25.3 Å². The van der Waals surface area contributed by atoms with E-state index < -0.39 is 6.10 Å². The number of benzene rings is 2. The third kappa shape index (κ3) is 6.09. The summed E-state index contributed by atoms with van der Waals surface area (Å²) >= 11 is 0. The van der Waals surface area contributed by atoms with Gasteiger partial charge in [-0.3, -0.25) is 9.59 Å². The topological polar surface area (TPSA) is 101 Å². The van der Waals surface area contributed by atoms with E-state index in [1.54, 1.807) is 12.0 Å². The molecule has 2 saturated heterocycles. The van der Waals surface area contributed by atoms with Crippen LogP contribution in [0.15, 0.2) is 48.5 Å². The molecule has 1 aromatic heterocycles. The number of fused-ring (bicyclic) bond motifs is 1. The number of ether oxygens (including phenoxy) is 1. The molecular weight excluding hydrogens is 504 g/mol. The van der Waals surface area contributed by atoms with Crippen molar-refractivity contribution in [3.63, 3.8) is 0 Å². The SMILES string of the molecule is COCCCn1c(C2CCCN(C(=O)CC(N)Cc3ccc(N4CC(O)CC4=O)cc3)C2)c(C)c2ccccc21. The highest BCUT2D eigenvalue weighted by atomic mass is 16.5. The lowest BCUT2D eigenvalue weighted by atomic mass is 9.91. The van der Waals surface area contributed by atoms with Gasteiger partial charge in [-0.25, -0.2) is 0 Å². The molecule has 0 aliphatic carbocycles. The lowest BCUT2D eigenvalue weighted by Gasteiger charge is -2.34. The molecule has 3 atom stereocenters. The first-order valence-electron chi connectivity index (χ1n) is 14.5. The van der Waals surface area contributed by atoms with E-state index >= 15 is 0 Å². The highest BCUT2D eigenvalue weighted by Gasteiger charge is 2.31. The molecule has 0 saturated carbocycles. The number of aliphatic hydroxyl groups is 1. The van der Waals surface area contributed by atoms with Crippen LogP contribution < -0.4 is 10.6 Å². The standard InChI is InChI=1S/C32H42N4O4/c1-22-28-8-3-4-9-29(28)35(15-6-16-40-2)32(22)24-7-5-14-34(20-24)30(38)18-25(33)17-23-10-12-26(13-11-23)36-21-27(37)19-31(36)39/h3-4,8-13,24-25,27,37H,5-7,14-21,33H2,1-2H3. The summed E-state index contributed by atoms with van der Waals surface area (Å²) in [6.07, 6.45) is 3.46. The largest absolute Gasteiger partial charge is 0.391 e. The molecule has 3 unspecified atom stereocenters. The van der Waals surface area contributed by atoms with E-state index in [4.69, 9.17) is 10.5 Å². The third-order valence-electron chi connectivity index (χ3n) is 8.45. The zero-order valence-corrected chi connectivity index (χ0v) is 23.7. The van der Waals surface area contributed by atoms with Crippen LogP contribution >= 0.6 is 0 Å². The van der Waals surface area contributed by atoms with Crippen molar-refractivity contribution in [1.82, 2.24) is 9.47 Å². The zero-order valence-electron chi connectivity index (χ0n) is 23.7. The van der Waals surface area contributed by atoms with Crippen molar-refractivity contribution in [1.29, 1.82) is 0 Å². The van der Waals surface area contributed by atoms with Crippen LogP contribution in [0.25, 0.3) is 10.9 Å². The fraction of sp³-hybridized carbons (Fsp3) is 0.500. The molecule has 5 rings (SSSR count). The number of amides is 2. The fourth-order valence-electron chi connectivity index (χ4n) is 6.54. The van der Waals surface area contributed by atoms with Gasteiger partial charge in [-0.05, 0) is 61.9 Å². The number of piperidine rings is 1. The summed E-state index contributed by atoms with van der Waals surface area (Å²) in [5.74, 6) is 0.348. The van der Waals surface area contributed by atoms with Crippen molar-refractivity contribution in [2.24, 2.45) is 5.73 Å². The number of nitrogens with two attached hydrogens (primary N) is 1. The maximum atomic E-state index is 13.4. The highest BCUT2D eigenvalue weighted by molar-refractivity contribution is 5.96. The Balaban J connectivity index is 1.22. The molecular formula is C32H42N4O4. The van der Waals surface area contributed by atoms with E-state index in [9.17, 15) is 14.7 Å². The summed E-state index contributed by atoms with van der Waals surface area (Å²) in [5, 5.41) is 11.0. The number of hydrogen-bond acceptors (Lipinski definition) is 5. The summed E-state index contributed by atoms with van der Waals surface area (Å²) in [6, 6.07) is 16.0. The van der Waals surface area contributed by atoms with Gasteiger partial charge in [0.25, 0.3) is 0 Å². The summed E-state index contributed by atoms with van der Waals surface area (Å²) < 4.78 is 7.78. The number of aliphatic hydroxyl groups excluding tert-OH is 1. The second-order valence-electron chi connectivity index (χ2n) is 11.4. The lowest BCUT2D eigenvalue weighted by molar-refractivity contribution is -0.132. The second-order valence-corrected chi connectivity index (χ2v) is 11.4. The van der Waals surface area contributed by atoms with Gasteiger partial charge >= 0.3 is 0 Å². The molecule has 214 valence electrons. The van der Waals surface area contributed by atoms with Crippen LogP contribution in [0.3, 0.4) is 0 Å². The van der Waals surface area contributed by atoms with Crippen molar-refractivity contribution in [2.45, 2.75) is 70.1 Å². The Morgan fingerprint density at radius 1 is 1.15 bits per heavy atom. The molecule has 2 aliphatic heterocycles. The van der Waals surface area contributed by atoms with Crippen LogP contribution in [0, 0.1) is 6.92 Å². The van der Waals surface area contributed by atoms with E-state index in [0.717, 1.165) is 56.8 Å². The number of aromatic nitrogens is 1. The average Bonchev–Trinajstić information content (AvgIpc) is 3.44. The molecule has 0 spiro atoms. The number of β-amino-alcohol motifs (C(OH)–C–C–N with tert-alkyl or cyclic N) is 1. The first kappa shape index (κ1) is 28.3. The molecule has 2 amide bonds. The summed E-state index contributed by atoms with van der Waals surface area (Å²) in [5.41, 5.74) is 12.2. The Morgan fingerprint density at radius 3 is 2.65 bits per heavy atom. The minimum absolute atomic E-state index is 0.0621. The van der Waals surface area contributed by atoms with Gasteiger partial charge in [0.1, 0.15) is 0 Å². The predicted molar refractivity (Wildman–Crippen MR) is 157 cm³/mol. The molecule has 40 heavy (non-hydrogen) atoms. The predicted octanol–water partition coefficient (Wildman–Crippen LogP) is 3.75. The minimum Gasteiger partial charge on any atom is -0.391 e. The molecule has 3 aromatic rings. The van der Waals surface area contributed by atoms with E-state index in [1.807, 2.05) is 29.2 Å². The van der Waals surface area contributed by atoms with Crippen LogP contribution in [0.4, 0.5) is 5.69 Å². The number of carbonyl (C=O) groups excluding carboxylic acids is 2. The maximum absolute atomic E-state index is 13.4. The number of para-hydroxylation sites is 1. The average molecular weight is 547 g/mol. The molecule has 3 heterocycles. The molecule has 3 N–H and O–H groups in total. The zero-order chi connectivity index (χ0) is 28.2. The number of nitrogens with zero attached hydrogens (tertiary/aromatic N) is 3. The molecule has 2 aromatic carbocycles. The number of likely N-dealkylation sites (tertiary alicyclic amines) is 1. The van der Waals surface area contributed by atoms with Gasteiger partial charge in [0.2, 0.25) is 11.8 Å². The van der Waals surface area contributed by atoms with Crippen LogP contribution in [0.2, 0.25) is 0 Å². The summed E-state index contributed by atoms with van der Waals surface area (Å²) in [6.45, 7) is 5.66. The van der Waals surface area contributed by atoms with Crippen molar-refractivity contribution >= 4 is 28.4 Å². The lowest BCUT2D eigenvalue weighted by Crippen LogP contribution is -2.42. The van der Waals surface area contributed by atoms with Crippen molar-refractivity contribution in [2.75, 3.05) is 38.3 Å². The van der Waals surface area contributed by atoms with Gasteiger partial charge in [-0.15, -0.1) is 0 Å². The molecule has 0 bridgehead atoms. The van der Waals surface area contributed by atoms with Crippen molar-refractivity contribution < 1.29 is 19.4 Å². The number of anilines is 1. The first-order chi connectivity index (χ1) is 19.4. The monoisotopic (exact) mass is 546 g/mol. The van der Waals surface area contributed by atoms with Crippen LogP contribution in [-0.2, 0) is 27.3 Å². The Kier molecular flexibility index (Phi) is 8.88. The van der Waals surface area contributed by atoms with Crippen molar-refractivity contribution in [3.05, 3.63) is 65.4 Å². The van der Waals surface area contributed by atoms with E-state index in [2.05, 4.69) is 35.8 Å². The number of carbonyl (C=O) groups is 2. The summed E-state index contributed by atoms with van der Waals surface area (Å²) in [7, 11) is 1.74. The van der Waals surface area contributed by atoms with Gasteiger partial charge < -0.3 is 29.9 Å². The van der Waals surface area contributed by atoms with Gasteiger partial charge in [0.05, 0.1) is 19.1 Å². The minimum atomic E-state index is -0.607. The van der Waals surface area contributed by atoms with Gasteiger partial charge in [0.15, 0.2) is 0 Å². The van der Waals surface area contributed by atoms with Gasteiger partial charge in [-0.2, -0.15) is 0 Å².